The van der Waals surface area contributed by atoms with Crippen molar-refractivity contribution in [2.75, 3.05) is 0 Å². The molecule has 1 aromatic carbocycles. The van der Waals surface area contributed by atoms with Crippen LogP contribution in [0.3, 0.4) is 0 Å². The first-order chi connectivity index (χ1) is 6.67. The lowest BCUT2D eigenvalue weighted by Gasteiger charge is -2.06. The largest absolute Gasteiger partial charge is 0.207 e. The van der Waals surface area contributed by atoms with Crippen molar-refractivity contribution in [1.29, 1.82) is 5.26 Å². The van der Waals surface area contributed by atoms with Crippen molar-refractivity contribution in [2.45, 2.75) is 23.5 Å². The number of nitriles is 1. The zero-order valence-corrected chi connectivity index (χ0v) is 8.44. The highest BCUT2D eigenvalue weighted by Gasteiger charge is 2.11. The Balaban J connectivity index is 2.86. The molecule has 0 bridgehead atoms. The number of nitrogens with zero attached hydrogens (tertiary/aromatic N) is 1. The molecule has 14 heavy (non-hydrogen) atoms. The third kappa shape index (κ3) is 2.71. The molecule has 0 aliphatic carbocycles. The standard InChI is InChI=1S/C10H9F2NS/c1-2-8(6-13)14-10-5-7(11)3-4-9(10)12/h3-5,8H,2H2,1H3. The van der Waals surface area contributed by atoms with E-state index >= 15 is 0 Å². The molecule has 0 amide bonds. The molecule has 1 aromatic rings. The summed E-state index contributed by atoms with van der Waals surface area (Å²) < 4.78 is 25.8. The Bertz CT molecular complexity index is 360. The van der Waals surface area contributed by atoms with Crippen molar-refractivity contribution in [2.24, 2.45) is 0 Å². The van der Waals surface area contributed by atoms with Gasteiger partial charge in [-0.1, -0.05) is 6.92 Å². The van der Waals surface area contributed by atoms with Crippen LogP contribution in [-0.2, 0) is 0 Å². The molecular weight excluding hydrogens is 204 g/mol. The Kier molecular flexibility index (Phi) is 3.90. The topological polar surface area (TPSA) is 23.8 Å². The number of benzene rings is 1. The van der Waals surface area contributed by atoms with Gasteiger partial charge in [0.05, 0.1) is 11.3 Å². The quantitative estimate of drug-likeness (QED) is 0.719. The lowest BCUT2D eigenvalue weighted by atomic mass is 10.3. The van der Waals surface area contributed by atoms with Crippen molar-refractivity contribution in [3.63, 3.8) is 0 Å². The van der Waals surface area contributed by atoms with E-state index in [0.717, 1.165) is 30.0 Å². The van der Waals surface area contributed by atoms with Gasteiger partial charge in [-0.15, -0.1) is 11.8 Å². The first kappa shape index (κ1) is 11.0. The summed E-state index contributed by atoms with van der Waals surface area (Å²) in [6.45, 7) is 1.83. The molecule has 0 aromatic heterocycles. The lowest BCUT2D eigenvalue weighted by Crippen LogP contribution is -1.96. The summed E-state index contributed by atoms with van der Waals surface area (Å²) in [5.41, 5.74) is 0. The fourth-order valence-corrected chi connectivity index (χ4v) is 1.81. The van der Waals surface area contributed by atoms with Gasteiger partial charge in [0.25, 0.3) is 0 Å². The molecule has 0 saturated heterocycles. The highest BCUT2D eigenvalue weighted by molar-refractivity contribution is 8.00. The molecule has 0 aliphatic heterocycles. The van der Waals surface area contributed by atoms with E-state index in [0.29, 0.717) is 6.42 Å². The molecule has 74 valence electrons. The Labute approximate surface area is 85.7 Å². The van der Waals surface area contributed by atoms with Crippen LogP contribution < -0.4 is 0 Å². The van der Waals surface area contributed by atoms with Crippen LogP contribution in [-0.4, -0.2) is 5.25 Å². The summed E-state index contributed by atoms with van der Waals surface area (Å²) in [6, 6.07) is 5.27. The summed E-state index contributed by atoms with van der Waals surface area (Å²) in [7, 11) is 0. The Morgan fingerprint density at radius 2 is 2.21 bits per heavy atom. The Hall–Kier alpha value is -1.08. The van der Waals surface area contributed by atoms with Gasteiger partial charge in [0, 0.05) is 4.90 Å². The van der Waals surface area contributed by atoms with E-state index in [1.54, 1.807) is 0 Å². The average molecular weight is 213 g/mol. The molecule has 4 heteroatoms. The maximum absolute atomic E-state index is 13.1. The van der Waals surface area contributed by atoms with Crippen molar-refractivity contribution in [1.82, 2.24) is 0 Å². The van der Waals surface area contributed by atoms with Gasteiger partial charge in [-0.2, -0.15) is 5.26 Å². The molecule has 0 fully saturated rings. The summed E-state index contributed by atoms with van der Waals surface area (Å²) in [5, 5.41) is 8.33. The smallest absolute Gasteiger partial charge is 0.137 e. The normalized spacial score (nSPS) is 12.1. The van der Waals surface area contributed by atoms with Gasteiger partial charge in [0.1, 0.15) is 11.6 Å². The lowest BCUT2D eigenvalue weighted by molar-refractivity contribution is 0.577. The monoisotopic (exact) mass is 213 g/mol. The molecule has 0 radical (unpaired) electrons. The van der Waals surface area contributed by atoms with E-state index in [1.807, 2.05) is 13.0 Å². The molecule has 0 N–H and O–H groups in total. The van der Waals surface area contributed by atoms with Crippen molar-refractivity contribution in [3.8, 4) is 6.07 Å². The van der Waals surface area contributed by atoms with Crippen LogP contribution in [0.2, 0.25) is 0 Å². The number of hydrogen-bond donors (Lipinski definition) is 0. The van der Waals surface area contributed by atoms with E-state index in [4.69, 9.17) is 5.26 Å². The zero-order valence-electron chi connectivity index (χ0n) is 7.63. The van der Waals surface area contributed by atoms with Crippen LogP contribution in [0.25, 0.3) is 0 Å². The van der Waals surface area contributed by atoms with Crippen LogP contribution in [0.15, 0.2) is 23.1 Å². The molecule has 1 atom stereocenters. The molecule has 0 aliphatic rings. The van der Waals surface area contributed by atoms with Gasteiger partial charge in [0.2, 0.25) is 0 Å². The average Bonchev–Trinajstić information content (AvgIpc) is 2.19. The van der Waals surface area contributed by atoms with E-state index < -0.39 is 11.6 Å². The number of hydrogen-bond acceptors (Lipinski definition) is 2. The molecule has 1 unspecified atom stereocenters. The second-order valence-electron chi connectivity index (χ2n) is 2.72. The predicted octanol–water partition coefficient (Wildman–Crippen LogP) is 3.36. The van der Waals surface area contributed by atoms with Crippen molar-refractivity contribution in [3.05, 3.63) is 29.8 Å². The first-order valence-corrected chi connectivity index (χ1v) is 5.06. The van der Waals surface area contributed by atoms with Crippen molar-refractivity contribution >= 4 is 11.8 Å². The van der Waals surface area contributed by atoms with E-state index in [2.05, 4.69) is 0 Å². The van der Waals surface area contributed by atoms with Gasteiger partial charge in [-0.3, -0.25) is 0 Å². The van der Waals surface area contributed by atoms with E-state index in [9.17, 15) is 8.78 Å². The minimum Gasteiger partial charge on any atom is -0.207 e. The van der Waals surface area contributed by atoms with Crippen LogP contribution in [0.5, 0.6) is 0 Å². The summed E-state index contributed by atoms with van der Waals surface area (Å²) in [5.74, 6) is -0.966. The SMILES string of the molecule is CCC(C#N)Sc1cc(F)ccc1F. The number of halogens is 2. The summed E-state index contributed by atoms with van der Waals surface area (Å²) in [6.07, 6.45) is 0.608. The highest BCUT2D eigenvalue weighted by atomic mass is 32.2. The molecule has 1 rings (SSSR count). The third-order valence-electron chi connectivity index (χ3n) is 1.68. The van der Waals surface area contributed by atoms with Gasteiger partial charge in [-0.25, -0.2) is 8.78 Å². The second-order valence-corrected chi connectivity index (χ2v) is 3.96. The van der Waals surface area contributed by atoms with Gasteiger partial charge in [0.15, 0.2) is 0 Å². The second kappa shape index (κ2) is 4.97. The Morgan fingerprint density at radius 3 is 2.79 bits per heavy atom. The molecular formula is C10H9F2NS. The number of rotatable bonds is 3. The Morgan fingerprint density at radius 1 is 1.50 bits per heavy atom. The summed E-state index contributed by atoms with van der Waals surface area (Å²) in [4.78, 5) is 0.193. The van der Waals surface area contributed by atoms with E-state index in [-0.39, 0.29) is 10.1 Å². The summed E-state index contributed by atoms with van der Waals surface area (Å²) >= 11 is 1.05. The maximum atomic E-state index is 13.1. The van der Waals surface area contributed by atoms with E-state index in [1.165, 1.54) is 0 Å². The first-order valence-electron chi connectivity index (χ1n) is 4.18. The molecule has 1 nitrogen and oxygen atoms in total. The van der Waals surface area contributed by atoms with Gasteiger partial charge >= 0.3 is 0 Å². The maximum Gasteiger partial charge on any atom is 0.137 e. The molecule has 0 heterocycles. The van der Waals surface area contributed by atoms with Crippen LogP contribution >= 0.6 is 11.8 Å². The third-order valence-corrected chi connectivity index (χ3v) is 2.97. The highest BCUT2D eigenvalue weighted by Crippen LogP contribution is 2.27. The van der Waals surface area contributed by atoms with Crippen LogP contribution in [0.4, 0.5) is 8.78 Å². The minimum atomic E-state index is -0.485. The molecule has 0 saturated carbocycles. The van der Waals surface area contributed by atoms with Gasteiger partial charge in [-0.05, 0) is 24.6 Å². The minimum absolute atomic E-state index is 0.193. The van der Waals surface area contributed by atoms with Crippen LogP contribution in [0.1, 0.15) is 13.3 Å². The fourth-order valence-electron chi connectivity index (χ4n) is 0.922. The number of thioether (sulfide) groups is 1. The van der Waals surface area contributed by atoms with Crippen LogP contribution in [0, 0.1) is 23.0 Å². The van der Waals surface area contributed by atoms with Gasteiger partial charge < -0.3 is 0 Å². The fraction of sp³-hybridized carbons (Fsp3) is 0.300. The molecule has 0 spiro atoms. The predicted molar refractivity (Wildman–Crippen MR) is 51.9 cm³/mol. The van der Waals surface area contributed by atoms with Crippen molar-refractivity contribution < 1.29 is 8.78 Å². The zero-order chi connectivity index (χ0) is 10.6.